The van der Waals surface area contributed by atoms with E-state index in [4.69, 9.17) is 0 Å². The van der Waals surface area contributed by atoms with E-state index < -0.39 is 0 Å². The summed E-state index contributed by atoms with van der Waals surface area (Å²) in [6, 6.07) is 12.5. The van der Waals surface area contributed by atoms with Crippen LogP contribution in [0.2, 0.25) is 0 Å². The number of rotatable bonds is 4. The molecule has 1 aromatic rings. The maximum absolute atomic E-state index is 3.51. The van der Waals surface area contributed by atoms with Gasteiger partial charge in [0, 0.05) is 18.1 Å². The quantitative estimate of drug-likeness (QED) is 0.892. The Bertz CT molecular complexity index is 376. The molecule has 1 aliphatic rings. The standard InChI is InChI=1S/C17H28N2/c1-13-10-11-19(14(2)12-13)15(3)17(18-4)16-8-6-5-7-9-16/h5-9,13-15,17-18H,10-12H2,1-4H3. The lowest BCUT2D eigenvalue weighted by Gasteiger charge is -2.43. The van der Waals surface area contributed by atoms with Gasteiger partial charge in [0.25, 0.3) is 0 Å². The SMILES string of the molecule is CNC(c1ccccc1)C(C)N1CCC(C)CC1C. The number of nitrogens with one attached hydrogen (secondary N) is 1. The van der Waals surface area contributed by atoms with E-state index in [1.807, 2.05) is 0 Å². The molecule has 0 amide bonds. The predicted molar refractivity (Wildman–Crippen MR) is 82.3 cm³/mol. The van der Waals surface area contributed by atoms with Crippen molar-refractivity contribution in [2.75, 3.05) is 13.6 Å². The lowest BCUT2D eigenvalue weighted by molar-refractivity contribution is 0.0714. The first-order valence-electron chi connectivity index (χ1n) is 7.61. The Kier molecular flexibility index (Phi) is 5.00. The minimum Gasteiger partial charge on any atom is -0.312 e. The highest BCUT2D eigenvalue weighted by atomic mass is 15.2. The Morgan fingerprint density at radius 2 is 1.89 bits per heavy atom. The van der Waals surface area contributed by atoms with Gasteiger partial charge in [-0.2, -0.15) is 0 Å². The van der Waals surface area contributed by atoms with Gasteiger partial charge in [0.1, 0.15) is 0 Å². The van der Waals surface area contributed by atoms with Crippen LogP contribution < -0.4 is 5.32 Å². The second-order valence-electron chi connectivity index (χ2n) is 6.13. The van der Waals surface area contributed by atoms with Crippen LogP contribution >= 0.6 is 0 Å². The molecule has 2 heteroatoms. The van der Waals surface area contributed by atoms with Crippen molar-refractivity contribution >= 4 is 0 Å². The molecular formula is C17H28N2. The van der Waals surface area contributed by atoms with E-state index in [0.717, 1.165) is 5.92 Å². The van der Waals surface area contributed by atoms with Gasteiger partial charge in [0.2, 0.25) is 0 Å². The molecule has 0 spiro atoms. The molecule has 0 saturated carbocycles. The third kappa shape index (κ3) is 3.37. The van der Waals surface area contributed by atoms with Crippen LogP contribution in [0.15, 0.2) is 30.3 Å². The van der Waals surface area contributed by atoms with Gasteiger partial charge < -0.3 is 5.32 Å². The van der Waals surface area contributed by atoms with Crippen LogP contribution in [0.25, 0.3) is 0 Å². The van der Waals surface area contributed by atoms with Gasteiger partial charge in [-0.25, -0.2) is 0 Å². The van der Waals surface area contributed by atoms with E-state index in [1.165, 1.54) is 24.9 Å². The molecule has 2 nitrogen and oxygen atoms in total. The highest BCUT2D eigenvalue weighted by molar-refractivity contribution is 5.20. The highest BCUT2D eigenvalue weighted by Gasteiger charge is 2.30. The Labute approximate surface area is 118 Å². The van der Waals surface area contributed by atoms with Crippen LogP contribution in [0.1, 0.15) is 45.2 Å². The number of benzene rings is 1. The smallest absolute Gasteiger partial charge is 0.0473 e. The van der Waals surface area contributed by atoms with Gasteiger partial charge in [-0.3, -0.25) is 4.90 Å². The molecule has 0 bridgehead atoms. The predicted octanol–water partition coefficient (Wildman–Crippen LogP) is 3.46. The summed E-state index contributed by atoms with van der Waals surface area (Å²) in [5.74, 6) is 0.878. The molecular weight excluding hydrogens is 232 g/mol. The van der Waals surface area contributed by atoms with Gasteiger partial charge in [-0.05, 0) is 51.8 Å². The third-order valence-corrected chi connectivity index (χ3v) is 4.66. The molecule has 19 heavy (non-hydrogen) atoms. The first kappa shape index (κ1) is 14.5. The molecule has 1 saturated heterocycles. The maximum atomic E-state index is 3.51. The number of nitrogens with zero attached hydrogens (tertiary/aromatic N) is 1. The summed E-state index contributed by atoms with van der Waals surface area (Å²) in [5, 5.41) is 3.51. The molecule has 1 fully saturated rings. The van der Waals surface area contributed by atoms with Crippen LogP contribution in [-0.2, 0) is 0 Å². The average molecular weight is 260 g/mol. The Balaban J connectivity index is 2.10. The summed E-state index contributed by atoms with van der Waals surface area (Å²) in [5.41, 5.74) is 1.39. The molecule has 0 aromatic heterocycles. The number of hydrogen-bond acceptors (Lipinski definition) is 2. The second kappa shape index (κ2) is 6.53. The van der Waals surface area contributed by atoms with Crippen molar-refractivity contribution < 1.29 is 0 Å². The second-order valence-corrected chi connectivity index (χ2v) is 6.13. The zero-order chi connectivity index (χ0) is 13.8. The Hall–Kier alpha value is -0.860. The number of likely N-dealkylation sites (tertiary alicyclic amines) is 1. The lowest BCUT2D eigenvalue weighted by Crippen LogP contribution is -2.50. The zero-order valence-electron chi connectivity index (χ0n) is 12.8. The summed E-state index contributed by atoms with van der Waals surface area (Å²) in [6.07, 6.45) is 2.66. The molecule has 0 aliphatic carbocycles. The highest BCUT2D eigenvalue weighted by Crippen LogP contribution is 2.29. The van der Waals surface area contributed by atoms with Crippen LogP contribution in [0.4, 0.5) is 0 Å². The maximum Gasteiger partial charge on any atom is 0.0473 e. The van der Waals surface area contributed by atoms with Crippen molar-refractivity contribution in [3.05, 3.63) is 35.9 Å². The van der Waals surface area contributed by atoms with Gasteiger partial charge in [-0.1, -0.05) is 37.3 Å². The first-order valence-corrected chi connectivity index (χ1v) is 7.61. The molecule has 1 heterocycles. The van der Waals surface area contributed by atoms with Crippen LogP contribution in [0.5, 0.6) is 0 Å². The number of hydrogen-bond donors (Lipinski definition) is 1. The van der Waals surface area contributed by atoms with Crippen LogP contribution in [0.3, 0.4) is 0 Å². The summed E-state index contributed by atoms with van der Waals surface area (Å²) in [4.78, 5) is 2.67. The zero-order valence-corrected chi connectivity index (χ0v) is 12.8. The molecule has 106 valence electrons. The fourth-order valence-corrected chi connectivity index (χ4v) is 3.57. The monoisotopic (exact) mass is 260 g/mol. The fourth-order valence-electron chi connectivity index (χ4n) is 3.57. The minimum absolute atomic E-state index is 0.414. The van der Waals surface area contributed by atoms with Crippen LogP contribution in [0, 0.1) is 5.92 Å². The molecule has 4 unspecified atom stereocenters. The molecule has 4 atom stereocenters. The summed E-state index contributed by atoms with van der Waals surface area (Å²) in [6.45, 7) is 8.35. The largest absolute Gasteiger partial charge is 0.312 e. The topological polar surface area (TPSA) is 15.3 Å². The molecule has 1 aromatic carbocycles. The first-order chi connectivity index (χ1) is 9.13. The summed E-state index contributed by atoms with van der Waals surface area (Å²) in [7, 11) is 2.07. The van der Waals surface area contributed by atoms with Crippen molar-refractivity contribution in [2.45, 2.75) is 51.7 Å². The van der Waals surface area contributed by atoms with Crippen LogP contribution in [-0.4, -0.2) is 30.6 Å². The van der Waals surface area contributed by atoms with E-state index in [2.05, 4.69) is 68.4 Å². The molecule has 1 aliphatic heterocycles. The van der Waals surface area contributed by atoms with Gasteiger partial charge in [-0.15, -0.1) is 0 Å². The number of likely N-dealkylation sites (N-methyl/N-ethyl adjacent to an activating group) is 1. The van der Waals surface area contributed by atoms with Crippen molar-refractivity contribution in [1.82, 2.24) is 10.2 Å². The van der Waals surface area contributed by atoms with E-state index in [1.54, 1.807) is 0 Å². The Morgan fingerprint density at radius 1 is 1.21 bits per heavy atom. The van der Waals surface area contributed by atoms with Crippen molar-refractivity contribution in [3.63, 3.8) is 0 Å². The van der Waals surface area contributed by atoms with E-state index in [0.29, 0.717) is 18.1 Å². The van der Waals surface area contributed by atoms with Crippen molar-refractivity contribution in [2.24, 2.45) is 5.92 Å². The summed E-state index contributed by atoms with van der Waals surface area (Å²) < 4.78 is 0. The van der Waals surface area contributed by atoms with Crippen molar-refractivity contribution in [1.29, 1.82) is 0 Å². The third-order valence-electron chi connectivity index (χ3n) is 4.66. The van der Waals surface area contributed by atoms with Gasteiger partial charge >= 0.3 is 0 Å². The van der Waals surface area contributed by atoms with Gasteiger partial charge in [0.15, 0.2) is 0 Å². The minimum atomic E-state index is 0.414. The normalized spacial score (nSPS) is 28.0. The van der Waals surface area contributed by atoms with E-state index >= 15 is 0 Å². The Morgan fingerprint density at radius 3 is 2.47 bits per heavy atom. The molecule has 1 N–H and O–H groups in total. The summed E-state index contributed by atoms with van der Waals surface area (Å²) >= 11 is 0. The van der Waals surface area contributed by atoms with E-state index in [-0.39, 0.29) is 0 Å². The fraction of sp³-hybridized carbons (Fsp3) is 0.647. The average Bonchev–Trinajstić information content (AvgIpc) is 2.40. The van der Waals surface area contributed by atoms with E-state index in [9.17, 15) is 0 Å². The lowest BCUT2D eigenvalue weighted by atomic mass is 9.89. The molecule has 2 rings (SSSR count). The van der Waals surface area contributed by atoms with Gasteiger partial charge in [0.05, 0.1) is 0 Å². The number of piperidine rings is 1. The molecule has 0 radical (unpaired) electrons. The van der Waals surface area contributed by atoms with Crippen molar-refractivity contribution in [3.8, 4) is 0 Å².